The summed E-state index contributed by atoms with van der Waals surface area (Å²) >= 11 is 6.92. The summed E-state index contributed by atoms with van der Waals surface area (Å²) in [5, 5.41) is 0.164. The van der Waals surface area contributed by atoms with Crippen LogP contribution in [0.1, 0.15) is 18.3 Å². The minimum Gasteiger partial charge on any atom is -0.327 e. The summed E-state index contributed by atoms with van der Waals surface area (Å²) in [5.41, 5.74) is 0.322. The van der Waals surface area contributed by atoms with Crippen LogP contribution in [-0.2, 0) is 19.3 Å². The van der Waals surface area contributed by atoms with Crippen molar-refractivity contribution < 1.29 is 13.2 Å². The van der Waals surface area contributed by atoms with Crippen LogP contribution >= 0.6 is 23.5 Å². The van der Waals surface area contributed by atoms with Gasteiger partial charge in [-0.25, -0.2) is 15.0 Å². The molecule has 0 saturated carbocycles. The summed E-state index contributed by atoms with van der Waals surface area (Å²) in [6.07, 6.45) is -1.23. The molecule has 0 aliphatic rings. The Labute approximate surface area is 150 Å². The van der Waals surface area contributed by atoms with Gasteiger partial charge in [0.25, 0.3) is 0 Å². The van der Waals surface area contributed by atoms with Crippen molar-refractivity contribution in [3.05, 3.63) is 47.3 Å². The van der Waals surface area contributed by atoms with Crippen LogP contribution in [0.4, 0.5) is 13.2 Å². The van der Waals surface area contributed by atoms with E-state index in [1.165, 1.54) is 18.0 Å². The molecule has 1 aromatic carbocycles. The molecule has 5 nitrogen and oxygen atoms in total. The van der Waals surface area contributed by atoms with Crippen molar-refractivity contribution in [2.75, 3.05) is 0 Å². The minimum absolute atomic E-state index is 0.164. The Hall–Kier alpha value is -1.84. The third-order valence-corrected chi connectivity index (χ3v) is 4.42. The van der Waals surface area contributed by atoms with Crippen molar-refractivity contribution >= 4 is 34.6 Å². The standard InChI is InChI=1S/C15H13ClF3N5S/c1-2-24-12-5-9(15(17,18)19)3-4-11(12)23-13(24)8-22-25-10-6-20-14(16)21-7-10/h3-7,22H,2,8H2,1H3. The summed E-state index contributed by atoms with van der Waals surface area (Å²) in [6.45, 7) is 2.76. The highest BCUT2D eigenvalue weighted by Gasteiger charge is 2.31. The van der Waals surface area contributed by atoms with E-state index < -0.39 is 11.7 Å². The molecule has 0 unspecified atom stereocenters. The summed E-state index contributed by atoms with van der Waals surface area (Å²) in [7, 11) is 0. The maximum Gasteiger partial charge on any atom is 0.416 e. The largest absolute Gasteiger partial charge is 0.416 e. The molecule has 10 heteroatoms. The Morgan fingerprint density at radius 2 is 1.96 bits per heavy atom. The van der Waals surface area contributed by atoms with Gasteiger partial charge < -0.3 is 4.57 Å². The molecule has 0 radical (unpaired) electrons. The van der Waals surface area contributed by atoms with Crippen LogP contribution in [0.15, 0.2) is 35.5 Å². The average molecular weight is 388 g/mol. The van der Waals surface area contributed by atoms with Gasteiger partial charge in [0, 0.05) is 18.9 Å². The van der Waals surface area contributed by atoms with E-state index in [0.717, 1.165) is 17.0 Å². The third-order valence-electron chi connectivity index (χ3n) is 3.49. The van der Waals surface area contributed by atoms with Crippen molar-refractivity contribution in [3.63, 3.8) is 0 Å². The summed E-state index contributed by atoms with van der Waals surface area (Å²) in [4.78, 5) is 12.9. The number of hydrogen-bond acceptors (Lipinski definition) is 5. The van der Waals surface area contributed by atoms with Gasteiger partial charge in [-0.15, -0.1) is 0 Å². The van der Waals surface area contributed by atoms with Gasteiger partial charge in [0.1, 0.15) is 5.82 Å². The van der Waals surface area contributed by atoms with E-state index in [0.29, 0.717) is 29.9 Å². The first-order chi connectivity index (χ1) is 11.9. The monoisotopic (exact) mass is 387 g/mol. The smallest absolute Gasteiger partial charge is 0.327 e. The van der Waals surface area contributed by atoms with E-state index >= 15 is 0 Å². The lowest BCUT2D eigenvalue weighted by molar-refractivity contribution is -0.137. The second-order valence-electron chi connectivity index (χ2n) is 5.08. The van der Waals surface area contributed by atoms with Gasteiger partial charge in [-0.05, 0) is 48.7 Å². The van der Waals surface area contributed by atoms with Crippen LogP contribution in [0.25, 0.3) is 11.0 Å². The lowest BCUT2D eigenvalue weighted by atomic mass is 10.2. The Morgan fingerprint density at radius 1 is 1.24 bits per heavy atom. The molecule has 1 N–H and O–H groups in total. The molecule has 0 amide bonds. The quantitative estimate of drug-likeness (QED) is 0.522. The van der Waals surface area contributed by atoms with Crippen molar-refractivity contribution in [2.45, 2.75) is 31.1 Å². The molecule has 0 spiro atoms. The molecule has 3 aromatic rings. The zero-order valence-electron chi connectivity index (χ0n) is 13.0. The van der Waals surface area contributed by atoms with Gasteiger partial charge in [0.2, 0.25) is 5.28 Å². The Morgan fingerprint density at radius 3 is 2.60 bits per heavy atom. The van der Waals surface area contributed by atoms with Crippen LogP contribution in [0.5, 0.6) is 0 Å². The van der Waals surface area contributed by atoms with Gasteiger partial charge in [0.15, 0.2) is 0 Å². The van der Waals surface area contributed by atoms with E-state index in [4.69, 9.17) is 11.6 Å². The fraction of sp³-hybridized carbons (Fsp3) is 0.267. The van der Waals surface area contributed by atoms with Crippen molar-refractivity contribution in [1.29, 1.82) is 0 Å². The zero-order valence-corrected chi connectivity index (χ0v) is 14.6. The predicted octanol–water partition coefficient (Wildman–Crippen LogP) is 4.32. The number of aromatic nitrogens is 4. The fourth-order valence-electron chi connectivity index (χ4n) is 2.37. The maximum absolute atomic E-state index is 12.9. The van der Waals surface area contributed by atoms with Crippen LogP contribution in [-0.4, -0.2) is 19.5 Å². The van der Waals surface area contributed by atoms with Gasteiger partial charge >= 0.3 is 6.18 Å². The average Bonchev–Trinajstić information content (AvgIpc) is 2.92. The Bertz CT molecular complexity index is 879. The molecule has 132 valence electrons. The number of nitrogens with one attached hydrogen (secondary N) is 1. The molecule has 0 aliphatic heterocycles. The van der Waals surface area contributed by atoms with Gasteiger partial charge in [-0.1, -0.05) is 0 Å². The first-order valence-corrected chi connectivity index (χ1v) is 8.51. The SMILES string of the molecule is CCn1c(CNSc2cnc(Cl)nc2)nc2ccc(C(F)(F)F)cc21. The van der Waals surface area contributed by atoms with Crippen LogP contribution in [0, 0.1) is 0 Å². The molecule has 2 aromatic heterocycles. The second-order valence-corrected chi connectivity index (χ2v) is 6.39. The number of imidazole rings is 1. The number of rotatable bonds is 5. The Kier molecular flexibility index (Phi) is 5.16. The molecule has 0 fully saturated rings. The lowest BCUT2D eigenvalue weighted by Crippen LogP contribution is -2.10. The maximum atomic E-state index is 12.9. The van der Waals surface area contributed by atoms with Gasteiger partial charge in [-0.2, -0.15) is 13.2 Å². The molecular weight excluding hydrogens is 375 g/mol. The zero-order chi connectivity index (χ0) is 18.0. The van der Waals surface area contributed by atoms with E-state index in [-0.39, 0.29) is 5.28 Å². The number of nitrogens with zero attached hydrogens (tertiary/aromatic N) is 4. The number of aryl methyl sites for hydroxylation is 1. The van der Waals surface area contributed by atoms with E-state index in [1.807, 2.05) is 6.92 Å². The van der Waals surface area contributed by atoms with Crippen LogP contribution in [0.3, 0.4) is 0 Å². The molecular formula is C15H13ClF3N5S. The molecule has 0 aliphatic carbocycles. The number of hydrogen-bond donors (Lipinski definition) is 1. The number of benzene rings is 1. The predicted molar refractivity (Wildman–Crippen MR) is 90.1 cm³/mol. The Balaban J connectivity index is 1.80. The highest BCUT2D eigenvalue weighted by atomic mass is 35.5. The summed E-state index contributed by atoms with van der Waals surface area (Å²) in [6, 6.07) is 3.58. The summed E-state index contributed by atoms with van der Waals surface area (Å²) < 4.78 is 43.6. The summed E-state index contributed by atoms with van der Waals surface area (Å²) in [5.74, 6) is 0.652. The fourth-order valence-corrected chi connectivity index (χ4v) is 3.05. The van der Waals surface area contributed by atoms with Crippen molar-refractivity contribution in [2.24, 2.45) is 0 Å². The molecule has 25 heavy (non-hydrogen) atoms. The van der Waals surface area contributed by atoms with Gasteiger partial charge in [0.05, 0.1) is 28.0 Å². The lowest BCUT2D eigenvalue weighted by Gasteiger charge is -2.09. The highest BCUT2D eigenvalue weighted by molar-refractivity contribution is 7.97. The molecule has 0 atom stereocenters. The highest BCUT2D eigenvalue weighted by Crippen LogP contribution is 2.31. The van der Waals surface area contributed by atoms with Crippen molar-refractivity contribution in [3.8, 4) is 0 Å². The van der Waals surface area contributed by atoms with E-state index in [9.17, 15) is 13.2 Å². The number of alkyl halides is 3. The van der Waals surface area contributed by atoms with Gasteiger partial charge in [-0.3, -0.25) is 4.72 Å². The van der Waals surface area contributed by atoms with Crippen molar-refractivity contribution in [1.82, 2.24) is 24.2 Å². The first kappa shape index (κ1) is 18.0. The van der Waals surface area contributed by atoms with Crippen LogP contribution < -0.4 is 4.72 Å². The van der Waals surface area contributed by atoms with Crippen LogP contribution in [0.2, 0.25) is 5.28 Å². The molecule has 0 bridgehead atoms. The third kappa shape index (κ3) is 4.05. The second kappa shape index (κ2) is 7.19. The minimum atomic E-state index is -4.38. The number of fused-ring (bicyclic) bond motifs is 1. The topological polar surface area (TPSA) is 55.6 Å². The first-order valence-electron chi connectivity index (χ1n) is 7.32. The molecule has 2 heterocycles. The van der Waals surface area contributed by atoms with E-state index in [1.54, 1.807) is 17.0 Å². The number of halogens is 4. The van der Waals surface area contributed by atoms with E-state index in [2.05, 4.69) is 19.7 Å². The molecule has 3 rings (SSSR count). The normalized spacial score (nSPS) is 12.0. The molecule has 0 saturated heterocycles.